The Kier molecular flexibility index (Phi) is 10.2. The smallest absolute Gasteiger partial charge is 0.422 e. The lowest BCUT2D eigenvalue weighted by Gasteiger charge is -2.17. The number of halogens is 5. The van der Waals surface area contributed by atoms with E-state index in [1.165, 1.54) is 26.5 Å². The summed E-state index contributed by atoms with van der Waals surface area (Å²) in [7, 11) is 2.72. The number of rotatable bonds is 8. The van der Waals surface area contributed by atoms with Gasteiger partial charge in [0.2, 0.25) is 5.75 Å². The number of benzene rings is 2. The molecule has 1 N–H and O–H groups in total. The lowest BCUT2D eigenvalue weighted by molar-refractivity contribution is -0.153. The van der Waals surface area contributed by atoms with Gasteiger partial charge in [0.25, 0.3) is 0 Å². The Balaban J connectivity index is 0.00000272. The highest BCUT2D eigenvalue weighted by molar-refractivity contribution is 5.92. The van der Waals surface area contributed by atoms with Crippen molar-refractivity contribution in [2.75, 3.05) is 27.4 Å². The molecular formula is C22H24Cl2F3NO5. The lowest BCUT2D eigenvalue weighted by Crippen LogP contribution is -2.19. The molecule has 3 rings (SSSR count). The molecule has 0 bridgehead atoms. The van der Waals surface area contributed by atoms with Gasteiger partial charge in [-0.2, -0.15) is 13.2 Å². The summed E-state index contributed by atoms with van der Waals surface area (Å²) in [5.74, 6) is 0.569. The van der Waals surface area contributed by atoms with Crippen molar-refractivity contribution in [2.24, 2.45) is 0 Å². The molecule has 1 heterocycles. The van der Waals surface area contributed by atoms with E-state index >= 15 is 0 Å². The number of pyridine rings is 1. The first-order valence-corrected chi connectivity index (χ1v) is 9.43. The van der Waals surface area contributed by atoms with Crippen LogP contribution in [0.4, 0.5) is 13.2 Å². The summed E-state index contributed by atoms with van der Waals surface area (Å²) in [5, 5.41) is 11.7. The third-order valence-corrected chi connectivity index (χ3v) is 4.55. The average molecular weight is 510 g/mol. The van der Waals surface area contributed by atoms with Gasteiger partial charge in [-0.05, 0) is 48.1 Å². The van der Waals surface area contributed by atoms with Gasteiger partial charge in [0.1, 0.15) is 0 Å². The van der Waals surface area contributed by atoms with Crippen molar-refractivity contribution in [1.82, 2.24) is 4.98 Å². The van der Waals surface area contributed by atoms with E-state index in [9.17, 15) is 18.3 Å². The van der Waals surface area contributed by atoms with Crippen LogP contribution in [0.5, 0.6) is 28.7 Å². The summed E-state index contributed by atoms with van der Waals surface area (Å²) in [5.41, 5.74) is 1.38. The molecule has 0 aliphatic heterocycles. The van der Waals surface area contributed by atoms with Crippen LogP contribution in [0.1, 0.15) is 18.1 Å². The number of phenolic OH excluding ortho intramolecular Hbond substituents is 1. The molecule has 0 atom stereocenters. The molecule has 2 aromatic carbocycles. The number of fused-ring (bicyclic) bond motifs is 1. The Hall–Kier alpha value is -2.78. The second-order valence-electron chi connectivity index (χ2n) is 6.65. The zero-order valence-electron chi connectivity index (χ0n) is 18.1. The predicted octanol–water partition coefficient (Wildman–Crippen LogP) is 5.73. The van der Waals surface area contributed by atoms with Crippen molar-refractivity contribution < 1.29 is 37.2 Å². The number of methoxy groups -OCH3 is 2. The van der Waals surface area contributed by atoms with Crippen molar-refractivity contribution in [3.8, 4) is 28.7 Å². The molecule has 0 fully saturated rings. The van der Waals surface area contributed by atoms with Crippen molar-refractivity contribution in [2.45, 2.75) is 19.5 Å². The fourth-order valence-corrected chi connectivity index (χ4v) is 3.26. The van der Waals surface area contributed by atoms with Crippen LogP contribution in [-0.4, -0.2) is 43.7 Å². The normalized spacial score (nSPS) is 10.7. The van der Waals surface area contributed by atoms with Crippen LogP contribution in [-0.2, 0) is 6.42 Å². The van der Waals surface area contributed by atoms with Crippen LogP contribution in [0, 0.1) is 0 Å². The number of alkyl halides is 3. The molecule has 0 aliphatic carbocycles. The second kappa shape index (κ2) is 11.9. The molecule has 0 amide bonds. The molecule has 0 unspecified atom stereocenters. The molecule has 3 aromatic rings. The van der Waals surface area contributed by atoms with E-state index in [1.807, 2.05) is 6.92 Å². The van der Waals surface area contributed by atoms with Crippen LogP contribution in [0.25, 0.3) is 10.8 Å². The number of phenols is 1. The summed E-state index contributed by atoms with van der Waals surface area (Å²) in [6.07, 6.45) is -1.03. The minimum absolute atomic E-state index is 0. The van der Waals surface area contributed by atoms with E-state index < -0.39 is 12.8 Å². The molecule has 6 nitrogen and oxygen atoms in total. The number of ether oxygens (including phenoxy) is 4. The Morgan fingerprint density at radius 2 is 1.61 bits per heavy atom. The van der Waals surface area contributed by atoms with Crippen LogP contribution >= 0.6 is 24.8 Å². The number of hydrogen-bond acceptors (Lipinski definition) is 6. The summed E-state index contributed by atoms with van der Waals surface area (Å²) in [6, 6.07) is 6.60. The fraction of sp³-hybridized carbons (Fsp3) is 0.318. The highest BCUT2D eigenvalue weighted by Gasteiger charge is 2.29. The molecule has 1 aromatic heterocycles. The van der Waals surface area contributed by atoms with Gasteiger partial charge >= 0.3 is 6.18 Å². The zero-order chi connectivity index (χ0) is 22.6. The maximum atomic E-state index is 12.7. The Morgan fingerprint density at radius 1 is 0.909 bits per heavy atom. The fourth-order valence-electron chi connectivity index (χ4n) is 3.26. The van der Waals surface area contributed by atoms with Crippen LogP contribution in [0.3, 0.4) is 0 Å². The first-order valence-electron chi connectivity index (χ1n) is 9.43. The van der Waals surface area contributed by atoms with Crippen LogP contribution in [0.15, 0.2) is 36.7 Å². The summed E-state index contributed by atoms with van der Waals surface area (Å²) < 4.78 is 58.8. The Labute approximate surface area is 201 Å². The second-order valence-corrected chi connectivity index (χ2v) is 6.65. The van der Waals surface area contributed by atoms with Crippen molar-refractivity contribution in [3.05, 3.63) is 47.8 Å². The molecule has 0 saturated carbocycles. The largest absolute Gasteiger partial charge is 0.504 e. The third kappa shape index (κ3) is 6.61. The average Bonchev–Trinajstić information content (AvgIpc) is 2.73. The number of hydrogen-bond donors (Lipinski definition) is 1. The van der Waals surface area contributed by atoms with Gasteiger partial charge in [0.15, 0.2) is 29.6 Å². The molecule has 0 radical (unpaired) electrons. The molecular weight excluding hydrogens is 486 g/mol. The van der Waals surface area contributed by atoms with Gasteiger partial charge in [0.05, 0.1) is 20.8 Å². The summed E-state index contributed by atoms with van der Waals surface area (Å²) in [4.78, 5) is 4.19. The standard InChI is InChI=1S/C22H22F3NO5.2ClH/c1-4-30-17-6-5-15-14(10-26-11-16(15)20(17)27)7-13-8-18(28-2)21(29-3)19(9-13)31-12-22(23,24)25;;/h5-6,8-11,27H,4,7,12H2,1-3H3;2*1H. The number of aromatic hydroxyl groups is 1. The van der Waals surface area contributed by atoms with Gasteiger partial charge < -0.3 is 24.1 Å². The molecule has 33 heavy (non-hydrogen) atoms. The zero-order valence-corrected chi connectivity index (χ0v) is 19.7. The van der Waals surface area contributed by atoms with E-state index in [1.54, 1.807) is 24.4 Å². The Morgan fingerprint density at radius 3 is 2.21 bits per heavy atom. The molecule has 11 heteroatoms. The Bertz CT molecular complexity index is 1080. The predicted molar refractivity (Wildman–Crippen MR) is 123 cm³/mol. The first-order chi connectivity index (χ1) is 14.8. The molecule has 0 spiro atoms. The SMILES string of the molecule is CCOc1ccc2c(Cc3cc(OC)c(OC)c(OCC(F)(F)F)c3)cncc2c1O.Cl.Cl. The number of aromatic nitrogens is 1. The van der Waals surface area contributed by atoms with E-state index in [4.69, 9.17) is 18.9 Å². The highest BCUT2D eigenvalue weighted by atomic mass is 35.5. The van der Waals surface area contributed by atoms with E-state index in [0.717, 1.165) is 10.9 Å². The van der Waals surface area contributed by atoms with Gasteiger partial charge in [-0.15, -0.1) is 24.8 Å². The lowest BCUT2D eigenvalue weighted by atomic mass is 9.99. The molecule has 182 valence electrons. The van der Waals surface area contributed by atoms with Crippen molar-refractivity contribution in [1.29, 1.82) is 0 Å². The van der Waals surface area contributed by atoms with Crippen molar-refractivity contribution in [3.63, 3.8) is 0 Å². The minimum Gasteiger partial charge on any atom is -0.504 e. The van der Waals surface area contributed by atoms with E-state index in [2.05, 4.69) is 4.98 Å². The van der Waals surface area contributed by atoms with Gasteiger partial charge in [0, 0.05) is 17.8 Å². The maximum absolute atomic E-state index is 12.7. The molecule has 0 saturated heterocycles. The monoisotopic (exact) mass is 509 g/mol. The van der Waals surface area contributed by atoms with E-state index in [0.29, 0.717) is 29.7 Å². The summed E-state index contributed by atoms with van der Waals surface area (Å²) in [6.45, 7) is 0.756. The maximum Gasteiger partial charge on any atom is 0.422 e. The topological polar surface area (TPSA) is 70.0 Å². The van der Waals surface area contributed by atoms with Crippen LogP contribution in [0.2, 0.25) is 0 Å². The molecule has 0 aliphatic rings. The minimum atomic E-state index is -4.50. The highest BCUT2D eigenvalue weighted by Crippen LogP contribution is 2.41. The van der Waals surface area contributed by atoms with Gasteiger partial charge in [-0.25, -0.2) is 0 Å². The number of nitrogens with zero attached hydrogens (tertiary/aromatic N) is 1. The van der Waals surface area contributed by atoms with Crippen LogP contribution < -0.4 is 18.9 Å². The third-order valence-electron chi connectivity index (χ3n) is 4.55. The first kappa shape index (κ1) is 28.3. The van der Waals surface area contributed by atoms with Gasteiger partial charge in [-0.1, -0.05) is 6.07 Å². The van der Waals surface area contributed by atoms with E-state index in [-0.39, 0.29) is 47.8 Å². The summed E-state index contributed by atoms with van der Waals surface area (Å²) >= 11 is 0. The van der Waals surface area contributed by atoms with Crippen molar-refractivity contribution >= 4 is 35.6 Å². The quantitative estimate of drug-likeness (QED) is 0.418. The van der Waals surface area contributed by atoms with Gasteiger partial charge in [-0.3, -0.25) is 4.98 Å².